The third-order valence-corrected chi connectivity index (χ3v) is 3.81. The molecule has 0 radical (unpaired) electrons. The number of amides is 1. The molecule has 0 unspecified atom stereocenters. The summed E-state index contributed by atoms with van der Waals surface area (Å²) < 4.78 is 10.4. The Bertz CT molecular complexity index is 755. The number of nitrogens with one attached hydrogen (secondary N) is 1. The van der Waals surface area contributed by atoms with Crippen LogP contribution in [0.15, 0.2) is 42.5 Å². The number of carbonyl (C=O) groups excluding carboxylic acids is 1. The average Bonchev–Trinajstić information content (AvgIpc) is 2.60. The third kappa shape index (κ3) is 4.73. The lowest BCUT2D eigenvalue weighted by molar-refractivity contribution is -0.137. The van der Waals surface area contributed by atoms with Crippen molar-refractivity contribution < 1.29 is 24.2 Å². The van der Waals surface area contributed by atoms with E-state index in [9.17, 15) is 14.7 Å². The summed E-state index contributed by atoms with van der Waals surface area (Å²) in [5, 5.41) is 12.0. The summed E-state index contributed by atoms with van der Waals surface area (Å²) in [5.41, 5.74) is 2.14. The molecule has 0 spiro atoms. The molecule has 1 amide bonds. The number of carbonyl (C=O) groups is 2. The van der Waals surface area contributed by atoms with E-state index in [1.165, 1.54) is 14.2 Å². The minimum Gasteiger partial charge on any atom is -0.493 e. The smallest absolute Gasteiger partial charge is 0.305 e. The molecule has 2 aromatic carbocycles. The Kier molecular flexibility index (Phi) is 6.00. The van der Waals surface area contributed by atoms with Crippen LogP contribution < -0.4 is 14.8 Å². The van der Waals surface area contributed by atoms with Crippen molar-refractivity contribution >= 4 is 11.9 Å². The Morgan fingerprint density at radius 3 is 2.24 bits per heavy atom. The van der Waals surface area contributed by atoms with Crippen LogP contribution in [0.4, 0.5) is 0 Å². The van der Waals surface area contributed by atoms with Crippen LogP contribution in [0.3, 0.4) is 0 Å². The number of hydrogen-bond acceptors (Lipinski definition) is 4. The van der Waals surface area contributed by atoms with Crippen molar-refractivity contribution in [3.05, 3.63) is 59.2 Å². The highest BCUT2D eigenvalue weighted by molar-refractivity contribution is 5.94. The largest absolute Gasteiger partial charge is 0.493 e. The lowest BCUT2D eigenvalue weighted by Gasteiger charge is -2.19. The molecule has 0 saturated carbocycles. The minimum absolute atomic E-state index is 0.243. The first-order valence-corrected chi connectivity index (χ1v) is 7.76. The summed E-state index contributed by atoms with van der Waals surface area (Å²) in [5.74, 6) is -0.338. The van der Waals surface area contributed by atoms with Gasteiger partial charge in [-0.05, 0) is 36.8 Å². The summed E-state index contributed by atoms with van der Waals surface area (Å²) in [6, 6.07) is 11.4. The van der Waals surface area contributed by atoms with Crippen LogP contribution in [0.25, 0.3) is 0 Å². The number of aliphatic carboxylic acids is 1. The van der Waals surface area contributed by atoms with Gasteiger partial charge in [0.25, 0.3) is 5.91 Å². The van der Waals surface area contributed by atoms with E-state index in [1.807, 2.05) is 19.1 Å². The van der Waals surface area contributed by atoms with Gasteiger partial charge in [-0.25, -0.2) is 0 Å². The fourth-order valence-corrected chi connectivity index (χ4v) is 2.44. The molecule has 2 rings (SSSR count). The number of aryl methyl sites for hydroxylation is 1. The first-order valence-electron chi connectivity index (χ1n) is 7.76. The summed E-state index contributed by atoms with van der Waals surface area (Å²) in [6.45, 7) is 1.93. The summed E-state index contributed by atoms with van der Waals surface area (Å²) in [6.07, 6.45) is -0.243. The molecule has 0 saturated heterocycles. The monoisotopic (exact) mass is 343 g/mol. The maximum atomic E-state index is 12.4. The number of hydrogen-bond donors (Lipinski definition) is 2. The second kappa shape index (κ2) is 8.19. The second-order valence-electron chi connectivity index (χ2n) is 5.60. The Morgan fingerprint density at radius 2 is 1.68 bits per heavy atom. The van der Waals surface area contributed by atoms with Crippen LogP contribution in [-0.2, 0) is 4.79 Å². The van der Waals surface area contributed by atoms with Gasteiger partial charge in [-0.2, -0.15) is 0 Å². The standard InChI is InChI=1S/C19H21NO5/c1-12-4-6-13(7-5-12)19(23)20-15(11-18(21)22)14-8-9-16(24-2)17(10-14)25-3/h4-10,15H,11H2,1-3H3,(H,20,23)(H,21,22)/t15-/m0/s1. The molecular weight excluding hydrogens is 322 g/mol. The first kappa shape index (κ1) is 18.3. The molecule has 2 aromatic rings. The van der Waals surface area contributed by atoms with Crippen LogP contribution in [0.1, 0.15) is 33.9 Å². The number of carboxylic acids is 1. The lowest BCUT2D eigenvalue weighted by atomic mass is 10.0. The van der Waals surface area contributed by atoms with Crippen molar-refractivity contribution in [1.82, 2.24) is 5.32 Å². The number of carboxylic acid groups (broad SMARTS) is 1. The normalized spacial score (nSPS) is 11.5. The Hall–Kier alpha value is -3.02. The summed E-state index contributed by atoms with van der Waals surface area (Å²) >= 11 is 0. The predicted molar refractivity (Wildman–Crippen MR) is 93.2 cm³/mol. The fraction of sp³-hybridized carbons (Fsp3) is 0.263. The van der Waals surface area contributed by atoms with Gasteiger partial charge in [0.05, 0.1) is 26.7 Å². The Labute approximate surface area is 146 Å². The Morgan fingerprint density at radius 1 is 1.04 bits per heavy atom. The van der Waals surface area contributed by atoms with Gasteiger partial charge >= 0.3 is 5.97 Å². The first-order chi connectivity index (χ1) is 11.9. The Balaban J connectivity index is 2.28. The van der Waals surface area contributed by atoms with Crippen LogP contribution >= 0.6 is 0 Å². The molecule has 6 heteroatoms. The van der Waals surface area contributed by atoms with E-state index in [0.717, 1.165) is 5.56 Å². The zero-order chi connectivity index (χ0) is 18.4. The molecule has 1 atom stereocenters. The molecule has 0 aliphatic carbocycles. The molecule has 0 bridgehead atoms. The van der Waals surface area contributed by atoms with Crippen molar-refractivity contribution in [1.29, 1.82) is 0 Å². The van der Waals surface area contributed by atoms with Crippen LogP contribution in [-0.4, -0.2) is 31.2 Å². The van der Waals surface area contributed by atoms with Gasteiger partial charge in [0.1, 0.15) is 0 Å². The maximum absolute atomic E-state index is 12.4. The van der Waals surface area contributed by atoms with Gasteiger partial charge in [-0.3, -0.25) is 9.59 Å². The molecule has 0 aliphatic heterocycles. The van der Waals surface area contributed by atoms with Crippen molar-refractivity contribution in [2.75, 3.05) is 14.2 Å². The van der Waals surface area contributed by atoms with Gasteiger partial charge in [-0.1, -0.05) is 23.8 Å². The van der Waals surface area contributed by atoms with E-state index < -0.39 is 12.0 Å². The summed E-state index contributed by atoms with van der Waals surface area (Å²) in [7, 11) is 3.02. The van der Waals surface area contributed by atoms with Gasteiger partial charge in [0, 0.05) is 5.56 Å². The van der Waals surface area contributed by atoms with Crippen molar-refractivity contribution in [3.8, 4) is 11.5 Å². The molecule has 0 fully saturated rings. The molecule has 2 N–H and O–H groups in total. The minimum atomic E-state index is -1.01. The van der Waals surface area contributed by atoms with Crippen molar-refractivity contribution in [3.63, 3.8) is 0 Å². The molecule has 6 nitrogen and oxygen atoms in total. The van der Waals surface area contributed by atoms with E-state index in [-0.39, 0.29) is 12.3 Å². The van der Waals surface area contributed by atoms with E-state index in [1.54, 1.807) is 30.3 Å². The molecule has 0 aromatic heterocycles. The highest BCUT2D eigenvalue weighted by Gasteiger charge is 2.20. The van der Waals surface area contributed by atoms with Crippen molar-refractivity contribution in [2.45, 2.75) is 19.4 Å². The van der Waals surface area contributed by atoms with Crippen LogP contribution in [0.5, 0.6) is 11.5 Å². The van der Waals surface area contributed by atoms with Crippen LogP contribution in [0.2, 0.25) is 0 Å². The van der Waals surface area contributed by atoms with Crippen molar-refractivity contribution in [2.24, 2.45) is 0 Å². The highest BCUT2D eigenvalue weighted by atomic mass is 16.5. The van der Waals surface area contributed by atoms with E-state index >= 15 is 0 Å². The van der Waals surface area contributed by atoms with E-state index in [4.69, 9.17) is 9.47 Å². The number of ether oxygens (including phenoxy) is 2. The molecular formula is C19H21NO5. The SMILES string of the molecule is COc1ccc([C@H](CC(=O)O)NC(=O)c2ccc(C)cc2)cc1OC. The van der Waals surface area contributed by atoms with E-state index in [0.29, 0.717) is 22.6 Å². The zero-order valence-electron chi connectivity index (χ0n) is 14.4. The molecule has 132 valence electrons. The highest BCUT2D eigenvalue weighted by Crippen LogP contribution is 2.31. The summed E-state index contributed by atoms with van der Waals surface area (Å²) in [4.78, 5) is 23.7. The number of rotatable bonds is 7. The fourth-order valence-electron chi connectivity index (χ4n) is 2.44. The second-order valence-corrected chi connectivity index (χ2v) is 5.60. The topological polar surface area (TPSA) is 84.9 Å². The zero-order valence-corrected chi connectivity index (χ0v) is 14.4. The maximum Gasteiger partial charge on any atom is 0.305 e. The van der Waals surface area contributed by atoms with Gasteiger partial charge in [0.15, 0.2) is 11.5 Å². The van der Waals surface area contributed by atoms with Gasteiger partial charge < -0.3 is 19.9 Å². The molecule has 0 heterocycles. The van der Waals surface area contributed by atoms with E-state index in [2.05, 4.69) is 5.32 Å². The van der Waals surface area contributed by atoms with Gasteiger partial charge in [0.2, 0.25) is 0 Å². The number of benzene rings is 2. The van der Waals surface area contributed by atoms with Crippen LogP contribution in [0, 0.1) is 6.92 Å². The lowest BCUT2D eigenvalue weighted by Crippen LogP contribution is -2.30. The third-order valence-electron chi connectivity index (χ3n) is 3.81. The number of methoxy groups -OCH3 is 2. The van der Waals surface area contributed by atoms with Gasteiger partial charge in [-0.15, -0.1) is 0 Å². The predicted octanol–water partition coefficient (Wildman–Crippen LogP) is 2.96. The quantitative estimate of drug-likeness (QED) is 0.807. The molecule has 0 aliphatic rings. The molecule has 25 heavy (non-hydrogen) atoms. The average molecular weight is 343 g/mol.